The van der Waals surface area contributed by atoms with Crippen LogP contribution in [0.1, 0.15) is 40.5 Å². The van der Waals surface area contributed by atoms with Gasteiger partial charge in [0.2, 0.25) is 5.91 Å². The fraction of sp³-hybridized carbons (Fsp3) is 0.917. The van der Waals surface area contributed by atoms with Gasteiger partial charge in [0.1, 0.15) is 0 Å². The number of carbonyl (C=O) groups is 1. The van der Waals surface area contributed by atoms with Crippen LogP contribution in [0.5, 0.6) is 0 Å². The summed E-state index contributed by atoms with van der Waals surface area (Å²) in [5.41, 5.74) is 0.100. The average Bonchev–Trinajstić information content (AvgIpc) is 2.16. The van der Waals surface area contributed by atoms with E-state index in [1.54, 1.807) is 0 Å². The van der Waals surface area contributed by atoms with Crippen LogP contribution in [0.25, 0.3) is 0 Å². The lowest BCUT2D eigenvalue weighted by molar-refractivity contribution is -0.131. The van der Waals surface area contributed by atoms with Gasteiger partial charge in [-0.2, -0.15) is 0 Å². The zero-order valence-electron chi connectivity index (χ0n) is 11.1. The third-order valence-electron chi connectivity index (χ3n) is 3.28. The highest BCUT2D eigenvalue weighted by Gasteiger charge is 2.22. The largest absolute Gasteiger partial charge is 0.343 e. The van der Waals surface area contributed by atoms with Crippen molar-refractivity contribution in [2.75, 3.05) is 27.2 Å². The second-order valence-electron chi connectivity index (χ2n) is 4.77. The Hall–Kier alpha value is -0.570. The van der Waals surface area contributed by atoms with Crippen molar-refractivity contribution in [3.05, 3.63) is 0 Å². The fourth-order valence-corrected chi connectivity index (χ4v) is 1.37. The number of nitrogens with zero attached hydrogens (tertiary/aromatic N) is 2. The first kappa shape index (κ1) is 14.4. The van der Waals surface area contributed by atoms with Crippen molar-refractivity contribution in [2.45, 2.75) is 46.1 Å². The quantitative estimate of drug-likeness (QED) is 0.675. The SMILES string of the molecule is CCN(CC)C(=O)CCC(C)(C)N(C)C. The summed E-state index contributed by atoms with van der Waals surface area (Å²) in [6.07, 6.45) is 1.56. The van der Waals surface area contributed by atoms with Gasteiger partial charge in [0.05, 0.1) is 0 Å². The molecule has 0 aliphatic heterocycles. The van der Waals surface area contributed by atoms with E-state index in [4.69, 9.17) is 0 Å². The van der Waals surface area contributed by atoms with E-state index in [0.717, 1.165) is 19.5 Å². The monoisotopic (exact) mass is 214 g/mol. The van der Waals surface area contributed by atoms with Crippen LogP contribution in [0.3, 0.4) is 0 Å². The summed E-state index contributed by atoms with van der Waals surface area (Å²) in [5.74, 6) is 0.273. The molecule has 3 nitrogen and oxygen atoms in total. The molecule has 1 amide bonds. The van der Waals surface area contributed by atoms with Gasteiger partial charge in [0.15, 0.2) is 0 Å². The lowest BCUT2D eigenvalue weighted by Crippen LogP contribution is -2.40. The van der Waals surface area contributed by atoms with E-state index >= 15 is 0 Å². The van der Waals surface area contributed by atoms with Crippen LogP contribution in [-0.4, -0.2) is 48.4 Å². The summed E-state index contributed by atoms with van der Waals surface area (Å²) in [5, 5.41) is 0. The number of hydrogen-bond donors (Lipinski definition) is 0. The zero-order chi connectivity index (χ0) is 12.1. The molecule has 0 fully saturated rings. The molecule has 0 saturated heterocycles. The van der Waals surface area contributed by atoms with Gasteiger partial charge in [0, 0.05) is 25.0 Å². The van der Waals surface area contributed by atoms with E-state index in [0.29, 0.717) is 6.42 Å². The first-order valence-corrected chi connectivity index (χ1v) is 5.80. The molecule has 0 bridgehead atoms. The Morgan fingerprint density at radius 3 is 1.93 bits per heavy atom. The van der Waals surface area contributed by atoms with Crippen molar-refractivity contribution < 1.29 is 4.79 Å². The van der Waals surface area contributed by atoms with E-state index in [9.17, 15) is 4.79 Å². The van der Waals surface area contributed by atoms with Gasteiger partial charge in [-0.15, -0.1) is 0 Å². The van der Waals surface area contributed by atoms with E-state index in [2.05, 4.69) is 32.8 Å². The molecule has 0 saturated carbocycles. The second kappa shape index (κ2) is 6.11. The predicted molar refractivity (Wildman–Crippen MR) is 64.9 cm³/mol. The van der Waals surface area contributed by atoms with Crippen LogP contribution in [0.2, 0.25) is 0 Å². The van der Waals surface area contributed by atoms with Gasteiger partial charge in [0.25, 0.3) is 0 Å². The predicted octanol–water partition coefficient (Wildman–Crippen LogP) is 1.98. The third kappa shape index (κ3) is 4.65. The van der Waals surface area contributed by atoms with E-state index in [-0.39, 0.29) is 11.4 Å². The molecule has 0 aliphatic carbocycles. The Bertz CT molecular complexity index is 196. The molecule has 15 heavy (non-hydrogen) atoms. The van der Waals surface area contributed by atoms with Gasteiger partial charge < -0.3 is 9.80 Å². The molecule has 0 rings (SSSR count). The molecule has 0 radical (unpaired) electrons. The van der Waals surface area contributed by atoms with Gasteiger partial charge in [-0.3, -0.25) is 4.79 Å². The van der Waals surface area contributed by atoms with Gasteiger partial charge in [-0.25, -0.2) is 0 Å². The number of rotatable bonds is 6. The molecule has 0 aliphatic rings. The van der Waals surface area contributed by atoms with Crippen molar-refractivity contribution in [3.8, 4) is 0 Å². The summed E-state index contributed by atoms with van der Waals surface area (Å²) in [7, 11) is 4.11. The lowest BCUT2D eigenvalue weighted by atomic mass is 9.97. The maximum Gasteiger partial charge on any atom is 0.222 e. The third-order valence-corrected chi connectivity index (χ3v) is 3.28. The normalized spacial score (nSPS) is 11.9. The van der Waals surface area contributed by atoms with E-state index in [1.165, 1.54) is 0 Å². The smallest absolute Gasteiger partial charge is 0.222 e. The van der Waals surface area contributed by atoms with Gasteiger partial charge in [-0.1, -0.05) is 0 Å². The highest BCUT2D eigenvalue weighted by atomic mass is 16.2. The zero-order valence-corrected chi connectivity index (χ0v) is 11.1. The van der Waals surface area contributed by atoms with Crippen molar-refractivity contribution in [1.29, 1.82) is 0 Å². The maximum absolute atomic E-state index is 11.8. The molecule has 0 heterocycles. The lowest BCUT2D eigenvalue weighted by Gasteiger charge is -2.33. The van der Waals surface area contributed by atoms with Gasteiger partial charge >= 0.3 is 0 Å². The molecule has 0 spiro atoms. The minimum absolute atomic E-state index is 0.100. The molecule has 0 unspecified atom stereocenters. The topological polar surface area (TPSA) is 23.6 Å². The Balaban J connectivity index is 4.10. The standard InChI is InChI=1S/C12H26N2O/c1-7-14(8-2)11(15)9-10-12(3,4)13(5)6/h7-10H2,1-6H3. The second-order valence-corrected chi connectivity index (χ2v) is 4.77. The van der Waals surface area contributed by atoms with E-state index < -0.39 is 0 Å². The van der Waals surface area contributed by atoms with Crippen LogP contribution < -0.4 is 0 Å². The molecule has 0 N–H and O–H groups in total. The maximum atomic E-state index is 11.8. The van der Waals surface area contributed by atoms with Crippen molar-refractivity contribution in [1.82, 2.24) is 9.80 Å². The molecule has 3 heteroatoms. The van der Waals surface area contributed by atoms with Crippen LogP contribution >= 0.6 is 0 Å². The van der Waals surface area contributed by atoms with Crippen LogP contribution in [0, 0.1) is 0 Å². The fourth-order valence-electron chi connectivity index (χ4n) is 1.37. The summed E-state index contributed by atoms with van der Waals surface area (Å²) >= 11 is 0. The summed E-state index contributed by atoms with van der Waals surface area (Å²) in [6.45, 7) is 10.0. The van der Waals surface area contributed by atoms with Crippen molar-refractivity contribution in [3.63, 3.8) is 0 Å². The van der Waals surface area contributed by atoms with Crippen molar-refractivity contribution >= 4 is 5.91 Å². The minimum atomic E-state index is 0.100. The summed E-state index contributed by atoms with van der Waals surface area (Å²) in [6, 6.07) is 0. The van der Waals surface area contributed by atoms with Crippen LogP contribution in [-0.2, 0) is 4.79 Å². The van der Waals surface area contributed by atoms with Gasteiger partial charge in [-0.05, 0) is 48.2 Å². The molecule has 0 aromatic carbocycles. The van der Waals surface area contributed by atoms with Crippen molar-refractivity contribution in [2.24, 2.45) is 0 Å². The Labute approximate surface area is 94.4 Å². The van der Waals surface area contributed by atoms with E-state index in [1.807, 2.05) is 18.7 Å². The molecule has 0 atom stereocenters. The molecule has 0 aromatic rings. The highest BCUT2D eigenvalue weighted by Crippen LogP contribution is 2.17. The van der Waals surface area contributed by atoms with Crippen LogP contribution in [0.15, 0.2) is 0 Å². The molecular formula is C12H26N2O. The summed E-state index contributed by atoms with van der Waals surface area (Å²) in [4.78, 5) is 15.8. The molecule has 90 valence electrons. The van der Waals surface area contributed by atoms with Crippen LogP contribution in [0.4, 0.5) is 0 Å². The Morgan fingerprint density at radius 1 is 1.13 bits per heavy atom. The molecule has 0 aromatic heterocycles. The molecular weight excluding hydrogens is 188 g/mol. The average molecular weight is 214 g/mol. The first-order chi connectivity index (χ1) is 6.85. The summed E-state index contributed by atoms with van der Waals surface area (Å²) < 4.78 is 0. The first-order valence-electron chi connectivity index (χ1n) is 5.80. The Morgan fingerprint density at radius 2 is 1.60 bits per heavy atom. The number of hydrogen-bond acceptors (Lipinski definition) is 2. The number of amides is 1. The minimum Gasteiger partial charge on any atom is -0.343 e. The number of carbonyl (C=O) groups excluding carboxylic acids is 1. The highest BCUT2D eigenvalue weighted by molar-refractivity contribution is 5.76. The Kier molecular flexibility index (Phi) is 5.88.